The molecule has 0 aromatic rings. The van der Waals surface area contributed by atoms with Crippen LogP contribution in [0.25, 0.3) is 0 Å². The molecule has 0 aliphatic carbocycles. The average Bonchev–Trinajstić information content (AvgIpc) is 2.88. The molecule has 0 saturated carbocycles. The van der Waals surface area contributed by atoms with Gasteiger partial charge in [0.2, 0.25) is 10.0 Å². The quantitative estimate of drug-likeness (QED) is 0.732. The number of nitrogens with zero attached hydrogens (tertiary/aromatic N) is 2. The third kappa shape index (κ3) is 4.54. The van der Waals surface area contributed by atoms with Crippen molar-refractivity contribution < 1.29 is 13.2 Å². The van der Waals surface area contributed by atoms with Crippen LogP contribution in [-0.2, 0) is 14.8 Å². The average molecular weight is 314 g/mol. The van der Waals surface area contributed by atoms with Crippen LogP contribution in [-0.4, -0.2) is 82.4 Å². The van der Waals surface area contributed by atoms with Gasteiger partial charge in [-0.25, -0.2) is 12.7 Å². The number of halogens is 1. The van der Waals surface area contributed by atoms with Crippen LogP contribution in [0.2, 0.25) is 0 Å². The normalized spacial score (nSPS) is 26.3. The summed E-state index contributed by atoms with van der Waals surface area (Å²) in [5.74, 6) is 0.0950. The smallest absolute Gasteiger partial charge is 0.216 e. The summed E-state index contributed by atoms with van der Waals surface area (Å²) >= 11 is 0. The minimum Gasteiger partial charge on any atom is -0.384 e. The van der Waals surface area contributed by atoms with Crippen molar-refractivity contribution in [2.24, 2.45) is 0 Å². The first-order valence-corrected chi connectivity index (χ1v) is 8.16. The van der Waals surface area contributed by atoms with Crippen LogP contribution in [0.3, 0.4) is 0 Å². The Morgan fingerprint density at radius 3 is 2.58 bits per heavy atom. The molecule has 1 atom stereocenters. The predicted molar refractivity (Wildman–Crippen MR) is 77.3 cm³/mol. The largest absolute Gasteiger partial charge is 0.384 e. The molecule has 19 heavy (non-hydrogen) atoms. The van der Waals surface area contributed by atoms with E-state index in [-0.39, 0.29) is 24.8 Å². The van der Waals surface area contributed by atoms with Crippen LogP contribution >= 0.6 is 12.4 Å². The van der Waals surface area contributed by atoms with E-state index in [9.17, 15) is 8.42 Å². The van der Waals surface area contributed by atoms with Gasteiger partial charge in [0.1, 0.15) is 0 Å². The molecular formula is C11H24ClN3O3S. The Kier molecular flexibility index (Phi) is 6.99. The summed E-state index contributed by atoms with van der Waals surface area (Å²) in [5, 5.41) is 3.32. The van der Waals surface area contributed by atoms with Gasteiger partial charge in [-0.05, 0) is 6.42 Å². The van der Waals surface area contributed by atoms with E-state index in [1.807, 2.05) is 0 Å². The molecule has 1 N–H and O–H groups in total. The molecule has 0 radical (unpaired) electrons. The van der Waals surface area contributed by atoms with Gasteiger partial charge in [0.05, 0.1) is 12.4 Å². The van der Waals surface area contributed by atoms with E-state index in [1.165, 1.54) is 7.11 Å². The first kappa shape index (κ1) is 17.1. The van der Waals surface area contributed by atoms with Crippen LogP contribution in [0.5, 0.6) is 0 Å². The monoisotopic (exact) mass is 313 g/mol. The van der Waals surface area contributed by atoms with Gasteiger partial charge in [0, 0.05) is 52.4 Å². The molecule has 0 aromatic heterocycles. The minimum atomic E-state index is -3.13. The number of nitrogens with one attached hydrogen (secondary N) is 1. The number of methoxy groups -OCH3 is 1. The lowest BCUT2D eigenvalue weighted by Gasteiger charge is -2.32. The maximum atomic E-state index is 12.0. The van der Waals surface area contributed by atoms with Gasteiger partial charge in [-0.3, -0.25) is 4.90 Å². The van der Waals surface area contributed by atoms with Crippen molar-refractivity contribution in [3.05, 3.63) is 0 Å². The zero-order valence-corrected chi connectivity index (χ0v) is 13.0. The lowest BCUT2D eigenvalue weighted by Crippen LogP contribution is -2.49. The number of piperazine rings is 1. The van der Waals surface area contributed by atoms with E-state index in [4.69, 9.17) is 4.74 Å². The first-order valence-electron chi connectivity index (χ1n) is 6.55. The second-order valence-electron chi connectivity index (χ2n) is 4.90. The Hall–Kier alpha value is 0.0800. The molecule has 0 aromatic carbocycles. The fraction of sp³-hybridized carbons (Fsp3) is 1.00. The van der Waals surface area contributed by atoms with Crippen LogP contribution in [0.1, 0.15) is 6.42 Å². The zero-order chi connectivity index (χ0) is 13.0. The van der Waals surface area contributed by atoms with Crippen molar-refractivity contribution >= 4 is 22.4 Å². The predicted octanol–water partition coefficient (Wildman–Crippen LogP) is -0.636. The summed E-state index contributed by atoms with van der Waals surface area (Å²) in [7, 11) is -1.60. The summed E-state index contributed by atoms with van der Waals surface area (Å²) in [5.41, 5.74) is 0. The fourth-order valence-corrected chi connectivity index (χ4v) is 4.04. The zero-order valence-electron chi connectivity index (χ0n) is 11.4. The third-order valence-corrected chi connectivity index (χ3v) is 5.53. The summed E-state index contributed by atoms with van der Waals surface area (Å²) < 4.78 is 30.5. The van der Waals surface area contributed by atoms with E-state index >= 15 is 0 Å². The van der Waals surface area contributed by atoms with Gasteiger partial charge < -0.3 is 10.1 Å². The van der Waals surface area contributed by atoms with Gasteiger partial charge in [-0.2, -0.15) is 0 Å². The van der Waals surface area contributed by atoms with Crippen molar-refractivity contribution in [2.75, 3.05) is 58.7 Å². The van der Waals surface area contributed by atoms with Gasteiger partial charge in [0.25, 0.3) is 0 Å². The second-order valence-corrected chi connectivity index (χ2v) is 6.98. The number of rotatable bonds is 5. The Morgan fingerprint density at radius 2 is 1.95 bits per heavy atom. The number of sulfonamides is 1. The van der Waals surface area contributed by atoms with E-state index in [1.54, 1.807) is 4.31 Å². The van der Waals surface area contributed by atoms with Crippen LogP contribution < -0.4 is 5.32 Å². The lowest BCUT2D eigenvalue weighted by atomic mass is 10.2. The van der Waals surface area contributed by atoms with Crippen molar-refractivity contribution in [1.82, 2.24) is 14.5 Å². The van der Waals surface area contributed by atoms with Gasteiger partial charge in [-0.15, -0.1) is 12.4 Å². The maximum absolute atomic E-state index is 12.0. The Balaban J connectivity index is 0.00000180. The highest BCUT2D eigenvalue weighted by atomic mass is 35.5. The lowest BCUT2D eigenvalue weighted by molar-refractivity contribution is 0.179. The maximum Gasteiger partial charge on any atom is 0.216 e. The molecule has 114 valence electrons. The fourth-order valence-electron chi connectivity index (χ4n) is 2.63. The SMILES string of the molecule is COCCS(=O)(=O)N1CCC(N2CCNCC2)C1.Cl. The molecule has 8 heteroatoms. The molecule has 2 aliphatic heterocycles. The second kappa shape index (κ2) is 7.75. The molecule has 2 fully saturated rings. The Labute approximate surface area is 121 Å². The Morgan fingerprint density at radius 1 is 1.26 bits per heavy atom. The highest BCUT2D eigenvalue weighted by Gasteiger charge is 2.34. The molecule has 6 nitrogen and oxygen atoms in total. The standard InChI is InChI=1S/C11H23N3O3S.ClH/c1-17-8-9-18(15,16)14-5-2-11(10-14)13-6-3-12-4-7-13;/h11-12H,2-10H2,1H3;1H. The minimum absolute atomic E-state index is 0. The summed E-state index contributed by atoms with van der Waals surface area (Å²) in [4.78, 5) is 2.41. The molecule has 2 heterocycles. The van der Waals surface area contributed by atoms with Crippen molar-refractivity contribution in [1.29, 1.82) is 0 Å². The summed E-state index contributed by atoms with van der Waals surface area (Å²) in [6.45, 7) is 5.64. The van der Waals surface area contributed by atoms with E-state index in [0.29, 0.717) is 19.1 Å². The van der Waals surface area contributed by atoms with E-state index in [2.05, 4.69) is 10.2 Å². The number of hydrogen-bond donors (Lipinski definition) is 1. The Bertz CT molecular complexity index is 360. The van der Waals surface area contributed by atoms with Gasteiger partial charge in [0.15, 0.2) is 0 Å². The third-order valence-electron chi connectivity index (χ3n) is 3.73. The molecule has 1 unspecified atom stereocenters. The van der Waals surface area contributed by atoms with Crippen molar-refractivity contribution in [2.45, 2.75) is 12.5 Å². The molecule has 0 spiro atoms. The van der Waals surface area contributed by atoms with Crippen LogP contribution in [0.4, 0.5) is 0 Å². The summed E-state index contributed by atoms with van der Waals surface area (Å²) in [6, 6.07) is 0.393. The highest BCUT2D eigenvalue weighted by Crippen LogP contribution is 2.19. The van der Waals surface area contributed by atoms with E-state index < -0.39 is 10.0 Å². The molecule has 2 aliphatic rings. The highest BCUT2D eigenvalue weighted by molar-refractivity contribution is 7.89. The van der Waals surface area contributed by atoms with Crippen molar-refractivity contribution in [3.63, 3.8) is 0 Å². The molecule has 0 bridgehead atoms. The molecular weight excluding hydrogens is 290 g/mol. The van der Waals surface area contributed by atoms with Crippen LogP contribution in [0, 0.1) is 0 Å². The molecule has 0 amide bonds. The van der Waals surface area contributed by atoms with E-state index in [0.717, 1.165) is 32.6 Å². The summed E-state index contributed by atoms with van der Waals surface area (Å²) in [6.07, 6.45) is 0.951. The molecule has 2 saturated heterocycles. The number of hydrogen-bond acceptors (Lipinski definition) is 5. The van der Waals surface area contributed by atoms with Crippen molar-refractivity contribution in [3.8, 4) is 0 Å². The topological polar surface area (TPSA) is 61.9 Å². The first-order chi connectivity index (χ1) is 8.63. The van der Waals surface area contributed by atoms with Crippen LogP contribution in [0.15, 0.2) is 0 Å². The van der Waals surface area contributed by atoms with Gasteiger partial charge >= 0.3 is 0 Å². The molecule has 2 rings (SSSR count). The number of ether oxygens (including phenoxy) is 1. The van der Waals surface area contributed by atoms with Gasteiger partial charge in [-0.1, -0.05) is 0 Å².